The van der Waals surface area contributed by atoms with Crippen LogP contribution in [0.5, 0.6) is 0 Å². The van der Waals surface area contributed by atoms with E-state index in [-0.39, 0.29) is 5.84 Å². The first kappa shape index (κ1) is 7.40. The van der Waals surface area contributed by atoms with Crippen LogP contribution in [0.1, 0.15) is 20.8 Å². The van der Waals surface area contributed by atoms with Gasteiger partial charge in [0.15, 0.2) is 5.79 Å². The maximum absolute atomic E-state index is 12.4. The second-order valence-electron chi connectivity index (χ2n) is 2.16. The van der Waals surface area contributed by atoms with Gasteiger partial charge in [-0.1, -0.05) is 0 Å². The molecule has 0 aliphatic carbocycles. The standard InChI is InChI=1S/C5H11FN2/c1-4(7)8-5(2,3)6/h1-3H3,(H2,7,8). The van der Waals surface area contributed by atoms with Crippen molar-refractivity contribution in [2.45, 2.75) is 26.6 Å². The highest BCUT2D eigenvalue weighted by atomic mass is 19.1. The van der Waals surface area contributed by atoms with Gasteiger partial charge in [0.1, 0.15) is 0 Å². The molecule has 0 unspecified atom stereocenters. The van der Waals surface area contributed by atoms with E-state index in [2.05, 4.69) is 4.99 Å². The Kier molecular flexibility index (Phi) is 1.95. The number of hydrogen-bond donors (Lipinski definition) is 1. The number of amidine groups is 1. The van der Waals surface area contributed by atoms with Gasteiger partial charge >= 0.3 is 0 Å². The monoisotopic (exact) mass is 118 g/mol. The number of rotatable bonds is 1. The van der Waals surface area contributed by atoms with Crippen molar-refractivity contribution in [2.24, 2.45) is 10.7 Å². The maximum Gasteiger partial charge on any atom is 0.196 e. The minimum atomic E-state index is -1.52. The highest BCUT2D eigenvalue weighted by Crippen LogP contribution is 2.08. The molecule has 0 fully saturated rings. The Labute approximate surface area is 48.6 Å². The predicted octanol–water partition coefficient (Wildman–Crippen LogP) is 1.07. The number of nitrogens with two attached hydrogens (primary N) is 1. The van der Waals surface area contributed by atoms with Gasteiger partial charge in [-0.05, 0) is 20.8 Å². The summed E-state index contributed by atoms with van der Waals surface area (Å²) in [5.41, 5.74) is 5.09. The first-order valence-corrected chi connectivity index (χ1v) is 2.42. The second kappa shape index (κ2) is 2.11. The van der Waals surface area contributed by atoms with E-state index in [0.717, 1.165) is 0 Å². The molecule has 0 saturated heterocycles. The van der Waals surface area contributed by atoms with Gasteiger partial charge < -0.3 is 5.73 Å². The van der Waals surface area contributed by atoms with Gasteiger partial charge in [-0.2, -0.15) is 0 Å². The fourth-order valence-electron chi connectivity index (χ4n) is 0.419. The lowest BCUT2D eigenvalue weighted by atomic mass is 10.4. The Balaban J connectivity index is 3.89. The minimum Gasteiger partial charge on any atom is -0.388 e. The zero-order valence-electron chi connectivity index (χ0n) is 5.40. The molecule has 0 bridgehead atoms. The summed E-state index contributed by atoms with van der Waals surface area (Å²) in [4.78, 5) is 3.44. The van der Waals surface area contributed by atoms with Gasteiger partial charge in [-0.25, -0.2) is 9.38 Å². The molecule has 0 saturated carbocycles. The van der Waals surface area contributed by atoms with Crippen molar-refractivity contribution in [3.63, 3.8) is 0 Å². The Morgan fingerprint density at radius 2 is 2.00 bits per heavy atom. The average molecular weight is 118 g/mol. The second-order valence-corrected chi connectivity index (χ2v) is 2.16. The fourth-order valence-corrected chi connectivity index (χ4v) is 0.419. The molecular weight excluding hydrogens is 107 g/mol. The topological polar surface area (TPSA) is 38.4 Å². The summed E-state index contributed by atoms with van der Waals surface area (Å²) in [5.74, 6) is -1.24. The van der Waals surface area contributed by atoms with Gasteiger partial charge in [0.25, 0.3) is 0 Å². The lowest BCUT2D eigenvalue weighted by Crippen LogP contribution is -2.15. The lowest BCUT2D eigenvalue weighted by Gasteiger charge is -2.06. The number of aliphatic imine (C=N–C) groups is 1. The van der Waals surface area contributed by atoms with E-state index in [4.69, 9.17) is 5.73 Å². The molecule has 0 aliphatic rings. The van der Waals surface area contributed by atoms with Crippen molar-refractivity contribution in [2.75, 3.05) is 0 Å². The molecule has 0 aromatic heterocycles. The van der Waals surface area contributed by atoms with Crippen molar-refractivity contribution < 1.29 is 4.39 Å². The van der Waals surface area contributed by atoms with E-state index in [1.807, 2.05) is 0 Å². The van der Waals surface area contributed by atoms with Gasteiger partial charge in [-0.3, -0.25) is 0 Å². The quantitative estimate of drug-likeness (QED) is 0.312. The van der Waals surface area contributed by atoms with Crippen LogP contribution in [0.15, 0.2) is 4.99 Å². The van der Waals surface area contributed by atoms with Crippen LogP contribution in [0.3, 0.4) is 0 Å². The predicted molar refractivity (Wildman–Crippen MR) is 32.5 cm³/mol. The normalized spacial score (nSPS) is 14.2. The summed E-state index contributed by atoms with van der Waals surface area (Å²) in [6, 6.07) is 0. The van der Waals surface area contributed by atoms with Crippen molar-refractivity contribution in [3.05, 3.63) is 0 Å². The highest BCUT2D eigenvalue weighted by molar-refractivity contribution is 5.77. The minimum absolute atomic E-state index is 0.275. The SMILES string of the molecule is C/C(N)=N/C(C)(C)F. The average Bonchev–Trinajstić information content (AvgIpc) is 1.21. The summed E-state index contributed by atoms with van der Waals surface area (Å²) in [6.45, 7) is 4.26. The molecule has 0 amide bonds. The molecule has 8 heavy (non-hydrogen) atoms. The number of halogens is 1. The molecular formula is C5H11FN2. The largest absolute Gasteiger partial charge is 0.388 e. The molecule has 0 rings (SSSR count). The number of hydrogen-bond acceptors (Lipinski definition) is 1. The third-order valence-corrected chi connectivity index (χ3v) is 0.442. The number of alkyl halides is 1. The van der Waals surface area contributed by atoms with Gasteiger partial charge in [0.2, 0.25) is 0 Å². The van der Waals surface area contributed by atoms with Gasteiger partial charge in [0.05, 0.1) is 5.84 Å². The van der Waals surface area contributed by atoms with Crippen LogP contribution >= 0.6 is 0 Å². The van der Waals surface area contributed by atoms with Crippen LogP contribution in [0.4, 0.5) is 4.39 Å². The third kappa shape index (κ3) is 5.40. The van der Waals surface area contributed by atoms with E-state index >= 15 is 0 Å². The summed E-state index contributed by atoms with van der Waals surface area (Å²) in [5, 5.41) is 0. The summed E-state index contributed by atoms with van der Waals surface area (Å²) >= 11 is 0. The Hall–Kier alpha value is -0.600. The molecule has 0 radical (unpaired) electrons. The first-order chi connectivity index (χ1) is 3.42. The summed E-state index contributed by atoms with van der Waals surface area (Å²) < 4.78 is 12.4. The molecule has 2 nitrogen and oxygen atoms in total. The van der Waals surface area contributed by atoms with Crippen molar-refractivity contribution in [1.29, 1.82) is 0 Å². The first-order valence-electron chi connectivity index (χ1n) is 2.42. The van der Waals surface area contributed by atoms with E-state index in [1.54, 1.807) is 6.92 Å². The Morgan fingerprint density at radius 1 is 1.62 bits per heavy atom. The third-order valence-electron chi connectivity index (χ3n) is 0.442. The smallest absolute Gasteiger partial charge is 0.196 e. The summed E-state index contributed by atoms with van der Waals surface area (Å²) in [7, 11) is 0. The molecule has 0 aromatic rings. The molecule has 0 spiro atoms. The van der Waals surface area contributed by atoms with Gasteiger partial charge in [0, 0.05) is 0 Å². The molecule has 3 heteroatoms. The van der Waals surface area contributed by atoms with E-state index in [1.165, 1.54) is 13.8 Å². The highest BCUT2D eigenvalue weighted by Gasteiger charge is 2.10. The van der Waals surface area contributed by atoms with E-state index in [9.17, 15) is 4.39 Å². The number of nitrogens with zero attached hydrogens (tertiary/aromatic N) is 1. The van der Waals surface area contributed by atoms with Crippen LogP contribution in [0.2, 0.25) is 0 Å². The van der Waals surface area contributed by atoms with Crippen molar-refractivity contribution in [3.8, 4) is 0 Å². The molecule has 0 aromatic carbocycles. The Bertz CT molecular complexity index is 97.5. The maximum atomic E-state index is 12.4. The van der Waals surface area contributed by atoms with Gasteiger partial charge in [-0.15, -0.1) is 0 Å². The zero-order valence-corrected chi connectivity index (χ0v) is 5.40. The van der Waals surface area contributed by atoms with Crippen molar-refractivity contribution in [1.82, 2.24) is 0 Å². The lowest BCUT2D eigenvalue weighted by molar-refractivity contribution is 0.231. The summed E-state index contributed by atoms with van der Waals surface area (Å²) in [6.07, 6.45) is 0. The molecule has 0 atom stereocenters. The van der Waals surface area contributed by atoms with Crippen LogP contribution in [-0.2, 0) is 0 Å². The molecule has 0 aliphatic heterocycles. The van der Waals surface area contributed by atoms with Crippen LogP contribution < -0.4 is 5.73 Å². The zero-order chi connectivity index (χ0) is 6.78. The van der Waals surface area contributed by atoms with Crippen LogP contribution in [0, 0.1) is 0 Å². The van der Waals surface area contributed by atoms with Crippen molar-refractivity contribution >= 4 is 5.84 Å². The molecule has 48 valence electrons. The van der Waals surface area contributed by atoms with Crippen LogP contribution in [-0.4, -0.2) is 11.6 Å². The van der Waals surface area contributed by atoms with E-state index in [0.29, 0.717) is 0 Å². The van der Waals surface area contributed by atoms with Crippen LogP contribution in [0.25, 0.3) is 0 Å². The fraction of sp³-hybridized carbons (Fsp3) is 0.800. The molecule has 0 heterocycles. The molecule has 2 N–H and O–H groups in total. The Morgan fingerprint density at radius 3 is 2.00 bits per heavy atom. The van der Waals surface area contributed by atoms with E-state index < -0.39 is 5.79 Å².